The third-order valence-corrected chi connectivity index (χ3v) is 3.87. The summed E-state index contributed by atoms with van der Waals surface area (Å²) in [6.45, 7) is 5.40. The molecule has 0 aliphatic carbocycles. The normalized spacial score (nSPS) is 11.5. The van der Waals surface area contributed by atoms with Gasteiger partial charge in [0.25, 0.3) is 0 Å². The van der Waals surface area contributed by atoms with Crippen molar-refractivity contribution < 1.29 is 9.90 Å². The molecule has 0 bridgehead atoms. The van der Waals surface area contributed by atoms with Crippen molar-refractivity contribution >= 4 is 33.7 Å². The molecular formula is C11H13BrO2S. The SMILES string of the molecule is Cc1cc(Br)ccc1SC(C)(C)C(=O)O. The van der Waals surface area contributed by atoms with Gasteiger partial charge in [0.2, 0.25) is 0 Å². The Balaban J connectivity index is 2.95. The van der Waals surface area contributed by atoms with Gasteiger partial charge in [0.05, 0.1) is 0 Å². The summed E-state index contributed by atoms with van der Waals surface area (Å²) in [7, 11) is 0. The van der Waals surface area contributed by atoms with Crippen LogP contribution < -0.4 is 0 Å². The standard InChI is InChI=1S/C11H13BrO2S/c1-7-6-8(12)4-5-9(7)15-11(2,3)10(13)14/h4-6H,1-3H3,(H,13,14). The third kappa shape index (κ3) is 3.24. The maximum Gasteiger partial charge on any atom is 0.319 e. The van der Waals surface area contributed by atoms with Crippen LogP contribution in [-0.4, -0.2) is 15.8 Å². The Bertz CT molecular complexity index is 388. The molecule has 0 unspecified atom stereocenters. The van der Waals surface area contributed by atoms with E-state index >= 15 is 0 Å². The van der Waals surface area contributed by atoms with E-state index < -0.39 is 10.7 Å². The number of aryl methyl sites for hydroxylation is 1. The highest BCUT2D eigenvalue weighted by Gasteiger charge is 2.28. The summed E-state index contributed by atoms with van der Waals surface area (Å²) in [6, 6.07) is 5.85. The fourth-order valence-electron chi connectivity index (χ4n) is 1.05. The number of hydrogen-bond acceptors (Lipinski definition) is 2. The fraction of sp³-hybridized carbons (Fsp3) is 0.364. The molecule has 0 atom stereocenters. The van der Waals surface area contributed by atoms with E-state index in [-0.39, 0.29) is 0 Å². The van der Waals surface area contributed by atoms with Gasteiger partial charge in [0.15, 0.2) is 0 Å². The lowest BCUT2D eigenvalue weighted by Crippen LogP contribution is -2.27. The molecule has 0 saturated heterocycles. The van der Waals surface area contributed by atoms with E-state index in [2.05, 4.69) is 15.9 Å². The predicted molar refractivity (Wildman–Crippen MR) is 66.5 cm³/mol. The molecule has 0 fully saturated rings. The van der Waals surface area contributed by atoms with Gasteiger partial charge in [-0.3, -0.25) is 4.79 Å². The minimum atomic E-state index is -0.796. The highest BCUT2D eigenvalue weighted by atomic mass is 79.9. The number of carboxylic acids is 1. The number of carboxylic acid groups (broad SMARTS) is 1. The zero-order valence-corrected chi connectivity index (χ0v) is 11.3. The van der Waals surface area contributed by atoms with E-state index in [0.717, 1.165) is 14.9 Å². The van der Waals surface area contributed by atoms with Crippen molar-refractivity contribution in [2.45, 2.75) is 30.4 Å². The number of thioether (sulfide) groups is 1. The van der Waals surface area contributed by atoms with Gasteiger partial charge in [-0.2, -0.15) is 0 Å². The van der Waals surface area contributed by atoms with Crippen molar-refractivity contribution in [2.75, 3.05) is 0 Å². The molecule has 1 aromatic carbocycles. The van der Waals surface area contributed by atoms with E-state index in [1.54, 1.807) is 13.8 Å². The summed E-state index contributed by atoms with van der Waals surface area (Å²) in [4.78, 5) is 12.0. The molecule has 2 nitrogen and oxygen atoms in total. The Morgan fingerprint density at radius 3 is 2.53 bits per heavy atom. The molecule has 0 amide bonds. The van der Waals surface area contributed by atoms with Crippen molar-refractivity contribution in [3.8, 4) is 0 Å². The molecule has 0 saturated carbocycles. The molecule has 0 aromatic heterocycles. The molecule has 0 aliphatic rings. The van der Waals surface area contributed by atoms with Gasteiger partial charge in [0.1, 0.15) is 4.75 Å². The van der Waals surface area contributed by atoms with Crippen LogP contribution in [0.3, 0.4) is 0 Å². The van der Waals surface area contributed by atoms with Gasteiger partial charge >= 0.3 is 5.97 Å². The van der Waals surface area contributed by atoms with E-state index in [9.17, 15) is 4.79 Å². The summed E-state index contributed by atoms with van der Waals surface area (Å²) >= 11 is 4.75. The van der Waals surface area contributed by atoms with Gasteiger partial charge in [-0.05, 0) is 44.5 Å². The van der Waals surface area contributed by atoms with Crippen LogP contribution in [-0.2, 0) is 4.79 Å². The monoisotopic (exact) mass is 288 g/mol. The molecule has 82 valence electrons. The summed E-state index contributed by atoms with van der Waals surface area (Å²) in [6.07, 6.45) is 0. The summed E-state index contributed by atoms with van der Waals surface area (Å²) < 4.78 is 0.218. The van der Waals surface area contributed by atoms with Crippen molar-refractivity contribution in [1.29, 1.82) is 0 Å². The second-order valence-corrected chi connectivity index (χ2v) is 6.41. The third-order valence-electron chi connectivity index (χ3n) is 2.02. The highest BCUT2D eigenvalue weighted by Crippen LogP contribution is 2.35. The van der Waals surface area contributed by atoms with Crippen LogP contribution in [0.2, 0.25) is 0 Å². The molecule has 0 radical (unpaired) electrons. The summed E-state index contributed by atoms with van der Waals surface area (Å²) in [5, 5.41) is 9.02. The Labute approximate surface area is 102 Å². The first-order valence-corrected chi connectivity index (χ1v) is 6.12. The van der Waals surface area contributed by atoms with Gasteiger partial charge in [0, 0.05) is 9.37 Å². The molecular weight excluding hydrogens is 276 g/mol. The first kappa shape index (κ1) is 12.6. The zero-order valence-electron chi connectivity index (χ0n) is 8.87. The molecule has 1 N–H and O–H groups in total. The fourth-order valence-corrected chi connectivity index (χ4v) is 2.51. The van der Waals surface area contributed by atoms with Crippen LogP contribution in [0.15, 0.2) is 27.6 Å². The van der Waals surface area contributed by atoms with Crippen molar-refractivity contribution in [3.05, 3.63) is 28.2 Å². The van der Waals surface area contributed by atoms with Gasteiger partial charge < -0.3 is 5.11 Å². The van der Waals surface area contributed by atoms with Gasteiger partial charge in [-0.1, -0.05) is 15.9 Å². The number of halogens is 1. The number of aliphatic carboxylic acids is 1. The minimum absolute atomic E-state index is 0.793. The minimum Gasteiger partial charge on any atom is -0.480 e. The van der Waals surface area contributed by atoms with E-state index in [1.165, 1.54) is 11.8 Å². The Hall–Kier alpha value is -0.480. The lowest BCUT2D eigenvalue weighted by atomic mass is 10.2. The predicted octanol–water partition coefficient (Wildman–Crippen LogP) is 3.71. The van der Waals surface area contributed by atoms with Crippen LogP contribution in [0.5, 0.6) is 0 Å². The maximum absolute atomic E-state index is 11.0. The van der Waals surface area contributed by atoms with Crippen molar-refractivity contribution in [3.63, 3.8) is 0 Å². The van der Waals surface area contributed by atoms with Crippen LogP contribution in [0.4, 0.5) is 0 Å². The average Bonchev–Trinajstić information content (AvgIpc) is 2.09. The molecule has 0 heterocycles. The first-order valence-electron chi connectivity index (χ1n) is 4.51. The van der Waals surface area contributed by atoms with E-state index in [4.69, 9.17) is 5.11 Å². The van der Waals surface area contributed by atoms with Crippen molar-refractivity contribution in [1.82, 2.24) is 0 Å². The largest absolute Gasteiger partial charge is 0.480 e. The van der Waals surface area contributed by atoms with Crippen molar-refractivity contribution in [2.24, 2.45) is 0 Å². The lowest BCUT2D eigenvalue weighted by molar-refractivity contribution is -0.138. The molecule has 1 rings (SSSR count). The number of benzene rings is 1. The molecule has 15 heavy (non-hydrogen) atoms. The Morgan fingerprint density at radius 1 is 1.47 bits per heavy atom. The number of hydrogen-bond donors (Lipinski definition) is 1. The zero-order chi connectivity index (χ0) is 11.6. The Kier molecular flexibility index (Phi) is 3.84. The summed E-state index contributed by atoms with van der Waals surface area (Å²) in [5.74, 6) is -0.796. The van der Waals surface area contributed by atoms with Crippen LogP contribution in [0, 0.1) is 6.92 Å². The number of carbonyl (C=O) groups is 1. The highest BCUT2D eigenvalue weighted by molar-refractivity contribution is 9.10. The molecule has 4 heteroatoms. The summed E-state index contributed by atoms with van der Waals surface area (Å²) in [5.41, 5.74) is 1.09. The quantitative estimate of drug-likeness (QED) is 0.862. The molecule has 0 aliphatic heterocycles. The smallest absolute Gasteiger partial charge is 0.319 e. The first-order chi connectivity index (χ1) is 6.83. The van der Waals surface area contributed by atoms with E-state index in [1.807, 2.05) is 25.1 Å². The topological polar surface area (TPSA) is 37.3 Å². The maximum atomic E-state index is 11.0. The van der Waals surface area contributed by atoms with Gasteiger partial charge in [-0.15, -0.1) is 11.8 Å². The van der Waals surface area contributed by atoms with E-state index in [0.29, 0.717) is 0 Å². The second kappa shape index (κ2) is 4.58. The van der Waals surface area contributed by atoms with Crippen LogP contribution in [0.1, 0.15) is 19.4 Å². The lowest BCUT2D eigenvalue weighted by Gasteiger charge is -2.19. The van der Waals surface area contributed by atoms with Crippen LogP contribution in [0.25, 0.3) is 0 Å². The Morgan fingerprint density at radius 2 is 2.07 bits per heavy atom. The van der Waals surface area contributed by atoms with Gasteiger partial charge in [-0.25, -0.2) is 0 Å². The molecule has 1 aromatic rings. The second-order valence-electron chi connectivity index (χ2n) is 3.83. The number of rotatable bonds is 3. The average molecular weight is 289 g/mol. The molecule has 0 spiro atoms. The van der Waals surface area contributed by atoms with Crippen LogP contribution >= 0.6 is 27.7 Å².